The van der Waals surface area contributed by atoms with E-state index in [1.807, 2.05) is 6.92 Å². The van der Waals surface area contributed by atoms with E-state index >= 15 is 0 Å². The van der Waals surface area contributed by atoms with E-state index in [0.29, 0.717) is 18.7 Å². The number of hydrogen-bond acceptors (Lipinski definition) is 5. The maximum Gasteiger partial charge on any atom is 0.345 e. The number of esters is 1. The first kappa shape index (κ1) is 16.2. The highest BCUT2D eigenvalue weighted by Crippen LogP contribution is 2.31. The van der Waals surface area contributed by atoms with Crippen LogP contribution in [0.1, 0.15) is 54.8 Å². The van der Waals surface area contributed by atoms with Gasteiger partial charge in [-0.3, -0.25) is 14.2 Å². The summed E-state index contributed by atoms with van der Waals surface area (Å²) in [6.45, 7) is 3.75. The number of carbonyl (C=O) groups is 2. The molecule has 1 aromatic heterocycles. The van der Waals surface area contributed by atoms with E-state index in [-0.39, 0.29) is 24.1 Å². The molecule has 0 fully saturated rings. The lowest BCUT2D eigenvalue weighted by atomic mass is 9.93. The Bertz CT molecular complexity index is 651. The first-order valence-electron chi connectivity index (χ1n) is 7.38. The lowest BCUT2D eigenvalue weighted by Crippen LogP contribution is -2.40. The van der Waals surface area contributed by atoms with E-state index in [0.717, 1.165) is 0 Å². The summed E-state index contributed by atoms with van der Waals surface area (Å²) in [6, 6.07) is -0.101. The SMILES string of the molecule is CCOC(=O)c1cnc2n(c1=O)C(C)CCC2C(=O)N(C)C. The Morgan fingerprint density at radius 2 is 2.09 bits per heavy atom. The van der Waals surface area contributed by atoms with Gasteiger partial charge in [0.1, 0.15) is 11.4 Å². The van der Waals surface area contributed by atoms with Gasteiger partial charge in [0.15, 0.2) is 0 Å². The van der Waals surface area contributed by atoms with Gasteiger partial charge in [0.2, 0.25) is 5.91 Å². The van der Waals surface area contributed by atoms with E-state index in [1.54, 1.807) is 21.0 Å². The van der Waals surface area contributed by atoms with Crippen LogP contribution < -0.4 is 5.56 Å². The Kier molecular flexibility index (Phi) is 4.63. The molecule has 0 saturated carbocycles. The maximum absolute atomic E-state index is 12.6. The predicted molar refractivity (Wildman–Crippen MR) is 79.8 cm³/mol. The van der Waals surface area contributed by atoms with Gasteiger partial charge in [0, 0.05) is 26.3 Å². The van der Waals surface area contributed by atoms with Gasteiger partial charge in [-0.15, -0.1) is 0 Å². The van der Waals surface area contributed by atoms with Crippen molar-refractivity contribution in [3.8, 4) is 0 Å². The number of hydrogen-bond donors (Lipinski definition) is 0. The molecule has 0 spiro atoms. The Labute approximate surface area is 128 Å². The van der Waals surface area contributed by atoms with Crippen LogP contribution in [0, 0.1) is 0 Å². The normalized spacial score (nSPS) is 20.2. The molecular formula is C15H21N3O4. The van der Waals surface area contributed by atoms with Crippen LogP contribution in [0.4, 0.5) is 0 Å². The molecule has 1 aliphatic rings. The van der Waals surface area contributed by atoms with Gasteiger partial charge in [-0.2, -0.15) is 0 Å². The number of ether oxygens (including phenoxy) is 1. The summed E-state index contributed by atoms with van der Waals surface area (Å²) in [7, 11) is 3.35. The molecular weight excluding hydrogens is 286 g/mol. The van der Waals surface area contributed by atoms with Crippen molar-refractivity contribution in [2.45, 2.75) is 38.6 Å². The van der Waals surface area contributed by atoms with Gasteiger partial charge in [0.25, 0.3) is 5.56 Å². The van der Waals surface area contributed by atoms with Crippen LogP contribution in [-0.2, 0) is 9.53 Å². The van der Waals surface area contributed by atoms with Gasteiger partial charge in [-0.25, -0.2) is 9.78 Å². The van der Waals surface area contributed by atoms with Crippen molar-refractivity contribution in [1.29, 1.82) is 0 Å². The molecule has 2 rings (SSSR count). The molecule has 2 heterocycles. The minimum atomic E-state index is -0.677. The molecule has 2 atom stereocenters. The first-order valence-corrected chi connectivity index (χ1v) is 7.38. The van der Waals surface area contributed by atoms with Crippen molar-refractivity contribution in [1.82, 2.24) is 14.5 Å². The van der Waals surface area contributed by atoms with Crippen molar-refractivity contribution in [2.24, 2.45) is 0 Å². The molecule has 0 radical (unpaired) electrons. The van der Waals surface area contributed by atoms with Crippen molar-refractivity contribution < 1.29 is 14.3 Å². The van der Waals surface area contributed by atoms with Crippen molar-refractivity contribution >= 4 is 11.9 Å². The first-order chi connectivity index (χ1) is 10.4. The molecule has 0 bridgehead atoms. The van der Waals surface area contributed by atoms with E-state index in [4.69, 9.17) is 4.74 Å². The number of aromatic nitrogens is 2. The lowest BCUT2D eigenvalue weighted by molar-refractivity contribution is -0.131. The van der Waals surface area contributed by atoms with E-state index < -0.39 is 17.4 Å². The molecule has 0 saturated heterocycles. The number of carbonyl (C=O) groups excluding carboxylic acids is 2. The molecule has 0 aliphatic carbocycles. The monoisotopic (exact) mass is 307 g/mol. The smallest absolute Gasteiger partial charge is 0.345 e. The second-order valence-electron chi connectivity index (χ2n) is 5.64. The number of nitrogens with zero attached hydrogens (tertiary/aromatic N) is 3. The highest BCUT2D eigenvalue weighted by molar-refractivity contribution is 5.89. The molecule has 7 nitrogen and oxygen atoms in total. The van der Waals surface area contributed by atoms with Crippen LogP contribution in [0.2, 0.25) is 0 Å². The van der Waals surface area contributed by atoms with Crippen molar-refractivity contribution in [2.75, 3.05) is 20.7 Å². The van der Waals surface area contributed by atoms with Crippen LogP contribution in [0.3, 0.4) is 0 Å². The van der Waals surface area contributed by atoms with E-state index in [9.17, 15) is 14.4 Å². The summed E-state index contributed by atoms with van der Waals surface area (Å²) >= 11 is 0. The molecule has 22 heavy (non-hydrogen) atoms. The third kappa shape index (κ3) is 2.75. The zero-order valence-electron chi connectivity index (χ0n) is 13.3. The highest BCUT2D eigenvalue weighted by Gasteiger charge is 2.34. The fourth-order valence-electron chi connectivity index (χ4n) is 2.73. The summed E-state index contributed by atoms with van der Waals surface area (Å²) in [4.78, 5) is 42.4. The van der Waals surface area contributed by atoms with Crippen molar-refractivity contribution in [3.63, 3.8) is 0 Å². The topological polar surface area (TPSA) is 81.5 Å². The second kappa shape index (κ2) is 6.29. The average molecular weight is 307 g/mol. The van der Waals surface area contributed by atoms with Crippen LogP contribution in [0.5, 0.6) is 0 Å². The summed E-state index contributed by atoms with van der Waals surface area (Å²) in [5.74, 6) is -0.786. The fraction of sp³-hybridized carbons (Fsp3) is 0.600. The predicted octanol–water partition coefficient (Wildman–Crippen LogP) is 0.947. The maximum atomic E-state index is 12.6. The van der Waals surface area contributed by atoms with Crippen molar-refractivity contribution in [3.05, 3.63) is 27.9 Å². The molecule has 0 aromatic carbocycles. The van der Waals surface area contributed by atoms with Gasteiger partial charge in [-0.05, 0) is 26.7 Å². The summed E-state index contributed by atoms with van der Waals surface area (Å²) in [5.41, 5.74) is -0.525. The number of likely N-dealkylation sites (N-methyl/N-ethyl adjacent to an activating group) is 1. The molecule has 120 valence electrons. The highest BCUT2D eigenvalue weighted by atomic mass is 16.5. The van der Waals surface area contributed by atoms with Gasteiger partial charge in [0.05, 0.1) is 12.5 Å². The number of amides is 1. The zero-order chi connectivity index (χ0) is 16.4. The van der Waals surface area contributed by atoms with E-state index in [2.05, 4.69) is 4.98 Å². The standard InChI is InChI=1S/C15H21N3O4/c1-5-22-15(21)11-8-16-12-10(13(19)17(3)4)7-6-9(2)18(12)14(11)20/h8-10H,5-7H2,1-4H3. The number of fused-ring (bicyclic) bond motifs is 1. The molecule has 7 heteroatoms. The zero-order valence-corrected chi connectivity index (χ0v) is 13.3. The molecule has 2 unspecified atom stereocenters. The Balaban J connectivity index is 2.53. The Hall–Kier alpha value is -2.18. The minimum Gasteiger partial charge on any atom is -0.462 e. The third-order valence-electron chi connectivity index (χ3n) is 3.88. The average Bonchev–Trinajstić information content (AvgIpc) is 2.47. The Morgan fingerprint density at radius 1 is 1.41 bits per heavy atom. The van der Waals surface area contributed by atoms with Crippen LogP contribution in [0.15, 0.2) is 11.0 Å². The summed E-state index contributed by atoms with van der Waals surface area (Å²) in [5, 5.41) is 0. The Morgan fingerprint density at radius 3 is 2.68 bits per heavy atom. The molecule has 0 N–H and O–H groups in total. The van der Waals surface area contributed by atoms with Crippen LogP contribution >= 0.6 is 0 Å². The molecule has 1 amide bonds. The van der Waals surface area contributed by atoms with Gasteiger partial charge >= 0.3 is 5.97 Å². The largest absolute Gasteiger partial charge is 0.462 e. The second-order valence-corrected chi connectivity index (χ2v) is 5.64. The third-order valence-corrected chi connectivity index (χ3v) is 3.88. The van der Waals surface area contributed by atoms with Crippen LogP contribution in [0.25, 0.3) is 0 Å². The summed E-state index contributed by atoms with van der Waals surface area (Å²) < 4.78 is 6.34. The fourth-order valence-corrected chi connectivity index (χ4v) is 2.73. The quantitative estimate of drug-likeness (QED) is 0.776. The van der Waals surface area contributed by atoms with Gasteiger partial charge in [-0.1, -0.05) is 0 Å². The molecule has 1 aliphatic heterocycles. The number of rotatable bonds is 3. The van der Waals surface area contributed by atoms with Gasteiger partial charge < -0.3 is 9.64 Å². The lowest BCUT2D eigenvalue weighted by Gasteiger charge is -2.31. The van der Waals surface area contributed by atoms with Crippen LogP contribution in [-0.4, -0.2) is 47.0 Å². The molecule has 1 aromatic rings. The minimum absolute atomic E-state index is 0.0866. The summed E-state index contributed by atoms with van der Waals surface area (Å²) in [6.07, 6.45) is 2.55. The van der Waals surface area contributed by atoms with E-state index in [1.165, 1.54) is 15.7 Å².